The molecule has 65 heavy (non-hydrogen) atoms. The van der Waals surface area contributed by atoms with Gasteiger partial charge in [-0.15, -0.1) is 13.2 Å². The number of hydrogen-bond donors (Lipinski definition) is 0. The van der Waals surface area contributed by atoms with E-state index in [1.54, 1.807) is 18.2 Å². The topological polar surface area (TPSA) is 0 Å². The van der Waals surface area contributed by atoms with Gasteiger partial charge in [-0.05, 0) is 134 Å². The summed E-state index contributed by atoms with van der Waals surface area (Å²) in [5, 5.41) is 0. The van der Waals surface area contributed by atoms with E-state index in [0.29, 0.717) is 52.4 Å². The standard InChI is InChI=1S/C31H38F6.C14H22.C4H8.C3H6.3C2H6.CH4/c1-17(2)11-19(4)28-20(5)12-24-25(28)14-22-15-29(6,16-26(22)24)23-9-7-21(8-10-23)18(3)13-27(30(32,33)34)31(35,36)37;1-11-6-8-13(9-7-11)12(2)10-14(3,4)5;1-3-4-2;1-3-2;3*1-2;/h7-10,17,22,24-28H,3-5,11-16H2,1-2,6H3;6-9,12H,10H2,1-5H3;3H,1,4H2,2H3;3H,1H2,2H3;3*1-2H3;1H4. The third-order valence-electron chi connectivity index (χ3n) is 12.2. The second kappa shape index (κ2) is 30.9. The molecule has 0 saturated heterocycles. The molecule has 0 N–H and O–H groups in total. The summed E-state index contributed by atoms with van der Waals surface area (Å²) in [6, 6.07) is 15.9. The average molecular weight is 919 g/mol. The Morgan fingerprint density at radius 3 is 1.63 bits per heavy atom. The van der Waals surface area contributed by atoms with Gasteiger partial charge in [-0.3, -0.25) is 0 Å². The Labute approximate surface area is 397 Å². The highest BCUT2D eigenvalue weighted by Gasteiger charge is 2.58. The van der Waals surface area contributed by atoms with Crippen LogP contribution in [-0.2, 0) is 5.41 Å². The van der Waals surface area contributed by atoms with Crippen molar-refractivity contribution in [1.29, 1.82) is 0 Å². The summed E-state index contributed by atoms with van der Waals surface area (Å²) >= 11 is 0. The van der Waals surface area contributed by atoms with E-state index in [2.05, 4.69) is 119 Å². The summed E-state index contributed by atoms with van der Waals surface area (Å²) in [5.74, 6) is 0.730. The molecule has 0 nitrogen and oxygen atoms in total. The summed E-state index contributed by atoms with van der Waals surface area (Å²) in [6.07, 6.45) is -0.603. The number of fused-ring (bicyclic) bond motifs is 3. The van der Waals surface area contributed by atoms with Crippen molar-refractivity contribution in [2.45, 2.75) is 193 Å². The Kier molecular flexibility index (Phi) is 31.4. The summed E-state index contributed by atoms with van der Waals surface area (Å²) in [4.78, 5) is 0. The maximum Gasteiger partial charge on any atom is 0.400 e. The van der Waals surface area contributed by atoms with Crippen molar-refractivity contribution in [2.24, 2.45) is 46.8 Å². The number of allylic oxidation sites excluding steroid dienone is 5. The van der Waals surface area contributed by atoms with Gasteiger partial charge in [0, 0.05) is 5.92 Å². The molecule has 3 aliphatic carbocycles. The zero-order chi connectivity index (χ0) is 50.4. The Bertz CT molecular complexity index is 1620. The van der Waals surface area contributed by atoms with Crippen LogP contribution in [0.5, 0.6) is 0 Å². The summed E-state index contributed by atoms with van der Waals surface area (Å²) < 4.78 is 78.0. The number of rotatable bonds is 10. The maximum atomic E-state index is 13.0. The maximum absolute atomic E-state index is 13.0. The predicted octanol–water partition coefficient (Wildman–Crippen LogP) is 21.0. The van der Waals surface area contributed by atoms with Crippen LogP contribution in [0.4, 0.5) is 26.3 Å². The van der Waals surface area contributed by atoms with Crippen LogP contribution in [0.25, 0.3) is 5.57 Å². The lowest BCUT2D eigenvalue weighted by atomic mass is 9.75. The summed E-state index contributed by atoms with van der Waals surface area (Å²) in [6.45, 7) is 53.2. The molecule has 2 aromatic carbocycles. The van der Waals surface area contributed by atoms with Gasteiger partial charge in [0.2, 0.25) is 0 Å². The fourth-order valence-corrected chi connectivity index (χ4v) is 9.82. The largest absolute Gasteiger partial charge is 0.400 e. The molecule has 7 atom stereocenters. The van der Waals surface area contributed by atoms with Crippen LogP contribution >= 0.6 is 0 Å². The first-order valence-corrected chi connectivity index (χ1v) is 24.2. The Morgan fingerprint density at radius 2 is 1.23 bits per heavy atom. The van der Waals surface area contributed by atoms with E-state index in [9.17, 15) is 26.3 Å². The van der Waals surface area contributed by atoms with Crippen molar-refractivity contribution in [1.82, 2.24) is 0 Å². The second-order valence-electron chi connectivity index (χ2n) is 19.3. The molecule has 3 aliphatic rings. The van der Waals surface area contributed by atoms with Crippen molar-refractivity contribution in [2.75, 3.05) is 0 Å². The Hall–Kier alpha value is -3.28. The first kappa shape index (κ1) is 66.0. The van der Waals surface area contributed by atoms with Gasteiger partial charge < -0.3 is 0 Å². The molecule has 0 bridgehead atoms. The highest BCUT2D eigenvalue weighted by Crippen LogP contribution is 2.65. The van der Waals surface area contributed by atoms with Crippen LogP contribution in [0.3, 0.4) is 0 Å². The van der Waals surface area contributed by atoms with Crippen LogP contribution in [0.1, 0.15) is 191 Å². The lowest BCUT2D eigenvalue weighted by Crippen LogP contribution is -2.36. The molecular weight excluding hydrogens is 823 g/mol. The van der Waals surface area contributed by atoms with Crippen LogP contribution in [0, 0.1) is 53.8 Å². The third kappa shape index (κ3) is 21.5. The highest BCUT2D eigenvalue weighted by molar-refractivity contribution is 5.64. The normalized spacial score (nSPS) is 22.0. The minimum atomic E-state index is -5.36. The fraction of sp³-hybridized carbons (Fsp3) is 0.627. The van der Waals surface area contributed by atoms with Crippen LogP contribution in [0.2, 0.25) is 0 Å². The monoisotopic (exact) mass is 919 g/mol. The third-order valence-corrected chi connectivity index (χ3v) is 12.2. The van der Waals surface area contributed by atoms with E-state index in [1.807, 2.05) is 66.7 Å². The molecule has 3 fully saturated rings. The van der Waals surface area contributed by atoms with Crippen LogP contribution < -0.4 is 0 Å². The van der Waals surface area contributed by atoms with Gasteiger partial charge in [0.15, 0.2) is 5.92 Å². The molecule has 0 heterocycles. The predicted molar refractivity (Wildman–Crippen MR) is 277 cm³/mol. The molecule has 0 aromatic heterocycles. The zero-order valence-corrected chi connectivity index (χ0v) is 43.4. The minimum absolute atomic E-state index is 0. The first-order valence-electron chi connectivity index (χ1n) is 24.2. The fourth-order valence-electron chi connectivity index (χ4n) is 9.82. The Balaban J connectivity index is -0.00000114. The molecule has 7 unspecified atom stereocenters. The quantitative estimate of drug-likeness (QED) is 0.165. The van der Waals surface area contributed by atoms with Gasteiger partial charge >= 0.3 is 12.4 Å². The molecule has 0 radical (unpaired) electrons. The second-order valence-corrected chi connectivity index (χ2v) is 19.3. The molecule has 0 spiro atoms. The molecule has 0 aliphatic heterocycles. The zero-order valence-electron chi connectivity index (χ0n) is 43.4. The smallest absolute Gasteiger partial charge is 0.170 e. The molecule has 2 aromatic rings. The highest BCUT2D eigenvalue weighted by atomic mass is 19.4. The number of halogens is 6. The number of hydrogen-bond acceptors (Lipinski definition) is 0. The van der Waals surface area contributed by atoms with Gasteiger partial charge in [-0.25, -0.2) is 0 Å². The number of benzene rings is 2. The van der Waals surface area contributed by atoms with E-state index < -0.39 is 24.7 Å². The van der Waals surface area contributed by atoms with Gasteiger partial charge in [0.1, 0.15) is 0 Å². The molecule has 5 rings (SSSR count). The van der Waals surface area contributed by atoms with Gasteiger partial charge in [-0.1, -0.05) is 201 Å². The lowest BCUT2D eigenvalue weighted by molar-refractivity contribution is -0.282. The molecular formula is C59H96F6. The van der Waals surface area contributed by atoms with Crippen molar-refractivity contribution in [3.63, 3.8) is 0 Å². The molecule has 374 valence electrons. The van der Waals surface area contributed by atoms with Gasteiger partial charge in [0.05, 0.1) is 0 Å². The summed E-state index contributed by atoms with van der Waals surface area (Å²) in [7, 11) is 0. The van der Waals surface area contributed by atoms with Gasteiger partial charge in [-0.2, -0.15) is 26.3 Å². The van der Waals surface area contributed by atoms with E-state index in [4.69, 9.17) is 0 Å². The number of alkyl halides is 6. The molecule has 0 amide bonds. The van der Waals surface area contributed by atoms with Crippen molar-refractivity contribution in [3.05, 3.63) is 127 Å². The Morgan fingerprint density at radius 1 is 0.769 bits per heavy atom. The van der Waals surface area contributed by atoms with Crippen molar-refractivity contribution in [3.8, 4) is 0 Å². The van der Waals surface area contributed by atoms with Crippen LogP contribution in [0.15, 0.2) is 105 Å². The van der Waals surface area contributed by atoms with Crippen molar-refractivity contribution >= 4 is 5.57 Å². The van der Waals surface area contributed by atoms with E-state index in [-0.39, 0.29) is 18.4 Å². The first-order chi connectivity index (χ1) is 29.7. The number of aryl methyl sites for hydroxylation is 1. The molecule has 6 heteroatoms. The summed E-state index contributed by atoms with van der Waals surface area (Å²) in [5.41, 5.74) is 7.08. The SMILES string of the molecule is C.C=C(CC(C(F)(F)F)C(F)(F)F)c1ccc(C2(C)CC3CC4C(C(=C)CC(C)C)C(=C)CC4C3C2)cc1.C=CC.C=CCC.CC.CC.CC.Cc1ccc(C(C)CC(C)(C)C)cc1. The van der Waals surface area contributed by atoms with E-state index in [1.165, 1.54) is 35.1 Å². The van der Waals surface area contributed by atoms with Crippen molar-refractivity contribution < 1.29 is 26.3 Å². The van der Waals surface area contributed by atoms with Gasteiger partial charge in [0.25, 0.3) is 0 Å². The molecule has 3 saturated carbocycles. The van der Waals surface area contributed by atoms with E-state index >= 15 is 0 Å². The lowest BCUT2D eigenvalue weighted by Gasteiger charge is -2.29. The minimum Gasteiger partial charge on any atom is -0.170 e. The van der Waals surface area contributed by atoms with Crippen LogP contribution in [-0.4, -0.2) is 12.4 Å². The average Bonchev–Trinajstić information content (AvgIpc) is 3.84. The van der Waals surface area contributed by atoms with E-state index in [0.717, 1.165) is 37.7 Å².